The summed E-state index contributed by atoms with van der Waals surface area (Å²) in [6, 6.07) is 3.28. The number of nitrogens with two attached hydrogens (primary N) is 1. The Morgan fingerprint density at radius 1 is 1.00 bits per heavy atom. The topological polar surface area (TPSA) is 166 Å². The highest BCUT2D eigenvalue weighted by Crippen LogP contribution is 2.19. The van der Waals surface area contributed by atoms with Crippen LogP contribution in [0, 0.1) is 5.92 Å². The Bertz CT molecular complexity index is 1050. The van der Waals surface area contributed by atoms with Crippen LogP contribution >= 0.6 is 25.3 Å². The molecule has 0 bridgehead atoms. The summed E-state index contributed by atoms with van der Waals surface area (Å²) in [4.78, 5) is 53.1. The number of benzene rings is 1. The normalized spacial score (nSPS) is 15.5. The second-order valence-electron chi connectivity index (χ2n) is 8.37. The third-order valence-electron chi connectivity index (χ3n) is 5.86. The number of aromatic nitrogens is 1. The molecule has 192 valence electrons. The van der Waals surface area contributed by atoms with Crippen LogP contribution in [0.15, 0.2) is 30.5 Å². The largest absolute Gasteiger partial charge is 0.480 e. The first-order chi connectivity index (χ1) is 16.6. The van der Waals surface area contributed by atoms with Gasteiger partial charge in [-0.05, 0) is 17.5 Å². The van der Waals surface area contributed by atoms with Gasteiger partial charge in [-0.25, -0.2) is 4.79 Å². The van der Waals surface area contributed by atoms with Gasteiger partial charge >= 0.3 is 5.97 Å². The van der Waals surface area contributed by atoms with E-state index in [1.54, 1.807) is 13.1 Å². The molecule has 10 nitrogen and oxygen atoms in total. The molecule has 3 amide bonds. The Labute approximate surface area is 215 Å². The van der Waals surface area contributed by atoms with Gasteiger partial charge in [-0.1, -0.05) is 38.5 Å². The number of thiol groups is 2. The number of hydrogen-bond donors (Lipinski definition) is 8. The van der Waals surface area contributed by atoms with E-state index in [-0.39, 0.29) is 23.8 Å². The molecular weight excluding hydrogens is 490 g/mol. The number of rotatable bonds is 13. The van der Waals surface area contributed by atoms with Crippen LogP contribution in [0.4, 0.5) is 0 Å². The van der Waals surface area contributed by atoms with Crippen molar-refractivity contribution in [2.75, 3.05) is 11.5 Å². The van der Waals surface area contributed by atoms with E-state index in [0.717, 1.165) is 16.5 Å². The van der Waals surface area contributed by atoms with Crippen LogP contribution in [0.1, 0.15) is 25.8 Å². The molecule has 35 heavy (non-hydrogen) atoms. The zero-order valence-corrected chi connectivity index (χ0v) is 21.4. The van der Waals surface area contributed by atoms with E-state index in [1.165, 1.54) is 0 Å². The van der Waals surface area contributed by atoms with E-state index >= 15 is 0 Å². The highest BCUT2D eigenvalue weighted by Gasteiger charge is 2.32. The van der Waals surface area contributed by atoms with Gasteiger partial charge < -0.3 is 31.8 Å². The Morgan fingerprint density at radius 2 is 1.66 bits per heavy atom. The molecule has 5 unspecified atom stereocenters. The zero-order valence-electron chi connectivity index (χ0n) is 19.7. The molecule has 0 saturated carbocycles. The maximum atomic E-state index is 13.0. The van der Waals surface area contributed by atoms with Crippen LogP contribution in [0.25, 0.3) is 10.9 Å². The van der Waals surface area contributed by atoms with Crippen LogP contribution in [-0.4, -0.2) is 69.5 Å². The summed E-state index contributed by atoms with van der Waals surface area (Å²) in [6.45, 7) is 3.65. The Hall–Kier alpha value is -2.70. The maximum absolute atomic E-state index is 13.0. The molecule has 0 aliphatic rings. The van der Waals surface area contributed by atoms with Gasteiger partial charge in [0.2, 0.25) is 17.7 Å². The van der Waals surface area contributed by atoms with Crippen molar-refractivity contribution in [2.24, 2.45) is 11.7 Å². The minimum atomic E-state index is -1.22. The Balaban J connectivity index is 2.11. The van der Waals surface area contributed by atoms with Gasteiger partial charge in [0.1, 0.15) is 18.1 Å². The number of carboxylic acids is 1. The molecule has 0 saturated heterocycles. The molecular formula is C23H33N5O5S2. The van der Waals surface area contributed by atoms with E-state index in [1.807, 2.05) is 31.2 Å². The van der Waals surface area contributed by atoms with Gasteiger partial charge in [0, 0.05) is 35.0 Å². The zero-order chi connectivity index (χ0) is 26.1. The minimum absolute atomic E-state index is 0.0471. The van der Waals surface area contributed by atoms with Crippen molar-refractivity contribution in [3.05, 3.63) is 36.0 Å². The lowest BCUT2D eigenvalue weighted by atomic mass is 9.97. The molecule has 1 aromatic heterocycles. The fraction of sp³-hybridized carbons (Fsp3) is 0.478. The highest BCUT2D eigenvalue weighted by molar-refractivity contribution is 7.80. The lowest BCUT2D eigenvalue weighted by Crippen LogP contribution is -2.59. The molecule has 2 rings (SSSR count). The molecule has 0 spiro atoms. The lowest BCUT2D eigenvalue weighted by molar-refractivity contribution is -0.142. The second-order valence-corrected chi connectivity index (χ2v) is 9.10. The Morgan fingerprint density at radius 3 is 2.26 bits per heavy atom. The predicted octanol–water partition coefficient (Wildman–Crippen LogP) is 0.482. The number of H-pyrrole nitrogens is 1. The van der Waals surface area contributed by atoms with Crippen molar-refractivity contribution in [3.63, 3.8) is 0 Å². The van der Waals surface area contributed by atoms with E-state index in [9.17, 15) is 24.3 Å². The summed E-state index contributed by atoms with van der Waals surface area (Å²) in [7, 11) is 0. The van der Waals surface area contributed by atoms with E-state index < -0.39 is 47.9 Å². The van der Waals surface area contributed by atoms with Crippen molar-refractivity contribution in [1.82, 2.24) is 20.9 Å². The molecule has 12 heteroatoms. The van der Waals surface area contributed by atoms with Gasteiger partial charge in [-0.15, -0.1) is 0 Å². The number of carbonyl (C=O) groups excluding carboxylic acids is 3. The molecule has 5 atom stereocenters. The lowest BCUT2D eigenvalue weighted by Gasteiger charge is -2.27. The second kappa shape index (κ2) is 13.4. The number of fused-ring (bicyclic) bond motifs is 1. The van der Waals surface area contributed by atoms with E-state index in [4.69, 9.17) is 5.73 Å². The summed E-state index contributed by atoms with van der Waals surface area (Å²) in [5.74, 6) is -3.23. The van der Waals surface area contributed by atoms with Gasteiger partial charge in [0.05, 0.1) is 6.04 Å². The number of hydrogen-bond acceptors (Lipinski definition) is 7. The quantitative estimate of drug-likeness (QED) is 0.178. The fourth-order valence-electron chi connectivity index (χ4n) is 3.49. The first-order valence-electron chi connectivity index (χ1n) is 11.3. The minimum Gasteiger partial charge on any atom is -0.480 e. The van der Waals surface area contributed by atoms with E-state index in [2.05, 4.69) is 46.2 Å². The number of aromatic amines is 1. The van der Waals surface area contributed by atoms with Gasteiger partial charge in [-0.2, -0.15) is 25.3 Å². The van der Waals surface area contributed by atoms with Crippen molar-refractivity contribution < 1.29 is 24.3 Å². The number of nitrogens with one attached hydrogen (secondary N) is 4. The van der Waals surface area contributed by atoms with E-state index in [0.29, 0.717) is 6.42 Å². The predicted molar refractivity (Wildman–Crippen MR) is 141 cm³/mol. The highest BCUT2D eigenvalue weighted by atomic mass is 32.1. The average molecular weight is 524 g/mol. The molecule has 2 aromatic rings. The first-order valence-corrected chi connectivity index (χ1v) is 12.6. The summed E-state index contributed by atoms with van der Waals surface area (Å²) in [5, 5.41) is 18.2. The molecule has 0 aliphatic heterocycles. The van der Waals surface area contributed by atoms with Crippen LogP contribution in [0.2, 0.25) is 0 Å². The average Bonchev–Trinajstić information content (AvgIpc) is 3.26. The number of para-hydroxylation sites is 1. The number of amides is 3. The van der Waals surface area contributed by atoms with Gasteiger partial charge in [0.25, 0.3) is 0 Å². The fourth-order valence-corrected chi connectivity index (χ4v) is 3.92. The Kier molecular flexibility index (Phi) is 10.9. The standard InChI is InChI=1S/C23H33N5O5S2/c1-3-12(2)19(28-20(29)15(24)10-34)22(31)27-18(11-35)21(30)26-17(23(32)33)8-13-9-25-16-7-5-4-6-14(13)16/h4-7,9,12,15,17-19,25,34-35H,3,8,10-11,24H2,1-2H3,(H,26,30)(H,27,31)(H,28,29)(H,32,33). The van der Waals surface area contributed by atoms with Crippen LogP contribution in [0.5, 0.6) is 0 Å². The summed E-state index contributed by atoms with van der Waals surface area (Å²) in [5.41, 5.74) is 7.29. The monoisotopic (exact) mass is 523 g/mol. The van der Waals surface area contributed by atoms with Gasteiger partial charge in [-0.3, -0.25) is 14.4 Å². The molecule has 0 fully saturated rings. The summed E-state index contributed by atoms with van der Waals surface area (Å²) in [6.07, 6.45) is 2.34. The summed E-state index contributed by atoms with van der Waals surface area (Å²) < 4.78 is 0. The summed E-state index contributed by atoms with van der Waals surface area (Å²) >= 11 is 8.16. The third-order valence-corrected chi connectivity index (χ3v) is 6.61. The number of aliphatic carboxylic acids is 1. The van der Waals surface area contributed by atoms with Crippen LogP contribution in [0.3, 0.4) is 0 Å². The molecule has 0 aliphatic carbocycles. The van der Waals surface area contributed by atoms with Crippen molar-refractivity contribution in [1.29, 1.82) is 0 Å². The third kappa shape index (κ3) is 7.64. The molecule has 1 aromatic carbocycles. The van der Waals surface area contributed by atoms with Crippen LogP contribution < -0.4 is 21.7 Å². The smallest absolute Gasteiger partial charge is 0.326 e. The van der Waals surface area contributed by atoms with Crippen molar-refractivity contribution in [3.8, 4) is 0 Å². The molecule has 0 radical (unpaired) electrons. The van der Waals surface area contributed by atoms with Crippen LogP contribution in [-0.2, 0) is 25.6 Å². The maximum Gasteiger partial charge on any atom is 0.326 e. The number of carbonyl (C=O) groups is 4. The van der Waals surface area contributed by atoms with Crippen molar-refractivity contribution >= 4 is 59.9 Å². The molecule has 1 heterocycles. The molecule has 7 N–H and O–H groups in total. The number of carboxylic acid groups (broad SMARTS) is 1. The SMILES string of the molecule is CCC(C)C(NC(=O)C(N)CS)C(=O)NC(CS)C(=O)NC(Cc1c[nH]c2ccccc12)C(=O)O. The van der Waals surface area contributed by atoms with Crippen molar-refractivity contribution in [2.45, 2.75) is 50.9 Å². The first kappa shape index (κ1) is 28.5. The van der Waals surface area contributed by atoms with Gasteiger partial charge in [0.15, 0.2) is 0 Å².